The molecule has 0 amide bonds. The Kier molecular flexibility index (Phi) is 3.50. The van der Waals surface area contributed by atoms with Gasteiger partial charge in [0, 0.05) is 18.0 Å². The van der Waals surface area contributed by atoms with Crippen molar-refractivity contribution < 1.29 is 9.53 Å². The molecule has 0 fully saturated rings. The van der Waals surface area contributed by atoms with Gasteiger partial charge in [-0.25, -0.2) is 9.78 Å². The van der Waals surface area contributed by atoms with Crippen molar-refractivity contribution in [2.75, 3.05) is 12.8 Å². The van der Waals surface area contributed by atoms with Gasteiger partial charge in [-0.15, -0.1) is 0 Å². The molecule has 0 aliphatic rings. The number of hydrogen-bond donors (Lipinski definition) is 1. The quantitative estimate of drug-likeness (QED) is 0.593. The SMILES string of the molecule is COC(=O)C(C)n1c(-c2cccnc2)nc2c(N)cccc21. The highest BCUT2D eigenvalue weighted by Gasteiger charge is 2.23. The number of benzene rings is 1. The lowest BCUT2D eigenvalue weighted by atomic mass is 10.2. The number of aromatic nitrogens is 3. The van der Waals surface area contributed by atoms with Crippen LogP contribution in [-0.2, 0) is 9.53 Å². The van der Waals surface area contributed by atoms with E-state index >= 15 is 0 Å². The number of nitrogen functional groups attached to an aromatic ring is 1. The molecule has 0 radical (unpaired) electrons. The van der Waals surface area contributed by atoms with Crippen molar-refractivity contribution in [1.29, 1.82) is 0 Å². The number of carbonyl (C=O) groups is 1. The molecule has 6 nitrogen and oxygen atoms in total. The number of esters is 1. The van der Waals surface area contributed by atoms with Crippen LogP contribution < -0.4 is 5.73 Å². The summed E-state index contributed by atoms with van der Waals surface area (Å²) in [6, 6.07) is 8.71. The Hall–Kier alpha value is -2.89. The minimum atomic E-state index is -0.521. The normalized spacial score (nSPS) is 12.3. The number of nitrogens with two attached hydrogens (primary N) is 1. The third-order valence-corrected chi connectivity index (χ3v) is 3.60. The molecule has 2 heterocycles. The molecule has 3 rings (SSSR count). The minimum absolute atomic E-state index is 0.341. The summed E-state index contributed by atoms with van der Waals surface area (Å²) in [6.07, 6.45) is 3.40. The molecule has 1 unspecified atom stereocenters. The van der Waals surface area contributed by atoms with E-state index < -0.39 is 6.04 Å². The van der Waals surface area contributed by atoms with Crippen LogP contribution in [0, 0.1) is 0 Å². The number of fused-ring (bicyclic) bond motifs is 1. The second kappa shape index (κ2) is 5.48. The van der Waals surface area contributed by atoms with E-state index in [2.05, 4.69) is 9.97 Å². The van der Waals surface area contributed by atoms with Gasteiger partial charge in [0.1, 0.15) is 17.4 Å². The number of imidazole rings is 1. The Balaban J connectivity index is 2.31. The van der Waals surface area contributed by atoms with E-state index in [0.717, 1.165) is 11.1 Å². The molecule has 0 aliphatic carbocycles. The van der Waals surface area contributed by atoms with Gasteiger partial charge in [0.15, 0.2) is 0 Å². The number of para-hydroxylation sites is 1. The van der Waals surface area contributed by atoms with Gasteiger partial charge in [0.2, 0.25) is 0 Å². The van der Waals surface area contributed by atoms with Crippen molar-refractivity contribution >= 4 is 22.7 Å². The van der Waals surface area contributed by atoms with Crippen LogP contribution >= 0.6 is 0 Å². The topological polar surface area (TPSA) is 83.0 Å². The summed E-state index contributed by atoms with van der Waals surface area (Å²) in [6.45, 7) is 1.77. The predicted octanol–water partition coefficient (Wildman–Crippen LogP) is 2.41. The number of nitrogens with zero attached hydrogens (tertiary/aromatic N) is 3. The second-order valence-corrected chi connectivity index (χ2v) is 4.96. The van der Waals surface area contributed by atoms with E-state index in [1.54, 1.807) is 25.4 Å². The number of carbonyl (C=O) groups excluding carboxylic acids is 1. The zero-order chi connectivity index (χ0) is 15.7. The summed E-state index contributed by atoms with van der Waals surface area (Å²) in [7, 11) is 1.37. The van der Waals surface area contributed by atoms with Gasteiger partial charge < -0.3 is 15.0 Å². The Morgan fingerprint density at radius 3 is 2.82 bits per heavy atom. The van der Waals surface area contributed by atoms with E-state index in [0.29, 0.717) is 17.0 Å². The van der Waals surface area contributed by atoms with Crippen molar-refractivity contribution in [2.45, 2.75) is 13.0 Å². The van der Waals surface area contributed by atoms with Crippen LogP contribution in [0.2, 0.25) is 0 Å². The third-order valence-electron chi connectivity index (χ3n) is 3.60. The Morgan fingerprint density at radius 1 is 1.32 bits per heavy atom. The smallest absolute Gasteiger partial charge is 0.328 e. The molecular weight excluding hydrogens is 280 g/mol. The lowest BCUT2D eigenvalue weighted by molar-refractivity contribution is -0.143. The zero-order valence-corrected chi connectivity index (χ0v) is 12.4. The molecule has 6 heteroatoms. The molecule has 0 saturated carbocycles. The molecule has 0 bridgehead atoms. The summed E-state index contributed by atoms with van der Waals surface area (Å²) in [4.78, 5) is 20.7. The largest absolute Gasteiger partial charge is 0.467 e. The summed E-state index contributed by atoms with van der Waals surface area (Å²) in [5, 5.41) is 0. The fraction of sp³-hybridized carbons (Fsp3) is 0.188. The molecule has 2 aromatic heterocycles. The lowest BCUT2D eigenvalue weighted by Crippen LogP contribution is -2.18. The van der Waals surface area contributed by atoms with Crippen molar-refractivity contribution in [3.63, 3.8) is 0 Å². The van der Waals surface area contributed by atoms with E-state index in [1.807, 2.05) is 28.8 Å². The van der Waals surface area contributed by atoms with Crippen LogP contribution in [0.5, 0.6) is 0 Å². The van der Waals surface area contributed by atoms with Gasteiger partial charge >= 0.3 is 5.97 Å². The van der Waals surface area contributed by atoms with Crippen LogP contribution in [0.4, 0.5) is 5.69 Å². The van der Waals surface area contributed by atoms with Gasteiger partial charge in [-0.05, 0) is 31.2 Å². The van der Waals surface area contributed by atoms with Crippen LogP contribution in [0.1, 0.15) is 13.0 Å². The van der Waals surface area contributed by atoms with E-state index in [-0.39, 0.29) is 5.97 Å². The molecule has 1 atom stereocenters. The van der Waals surface area contributed by atoms with E-state index in [1.165, 1.54) is 7.11 Å². The predicted molar refractivity (Wildman–Crippen MR) is 84.1 cm³/mol. The monoisotopic (exact) mass is 296 g/mol. The minimum Gasteiger partial charge on any atom is -0.467 e. The maximum absolute atomic E-state index is 12.0. The first-order valence-corrected chi connectivity index (χ1v) is 6.88. The molecule has 22 heavy (non-hydrogen) atoms. The molecular formula is C16H16N4O2. The van der Waals surface area contributed by atoms with Gasteiger partial charge in [-0.2, -0.15) is 0 Å². The standard InChI is InChI=1S/C16H16N4O2/c1-10(16(21)22-2)20-13-7-3-6-12(17)14(13)19-15(20)11-5-4-8-18-9-11/h3-10H,17H2,1-2H3. The van der Waals surface area contributed by atoms with Crippen LogP contribution in [-0.4, -0.2) is 27.6 Å². The molecule has 0 aliphatic heterocycles. The average molecular weight is 296 g/mol. The molecule has 0 spiro atoms. The average Bonchev–Trinajstić information content (AvgIpc) is 2.95. The van der Waals surface area contributed by atoms with E-state index in [4.69, 9.17) is 10.5 Å². The first-order chi connectivity index (χ1) is 10.6. The summed E-state index contributed by atoms with van der Waals surface area (Å²) < 4.78 is 6.70. The number of hydrogen-bond acceptors (Lipinski definition) is 5. The van der Waals surface area contributed by atoms with Crippen molar-refractivity contribution in [3.8, 4) is 11.4 Å². The summed E-state index contributed by atoms with van der Waals surface area (Å²) in [5.41, 5.74) is 8.85. The van der Waals surface area contributed by atoms with Crippen LogP contribution in [0.25, 0.3) is 22.4 Å². The number of anilines is 1. The van der Waals surface area contributed by atoms with Gasteiger partial charge in [0.05, 0.1) is 18.3 Å². The zero-order valence-electron chi connectivity index (χ0n) is 12.4. The molecule has 2 N–H and O–H groups in total. The fourth-order valence-corrected chi connectivity index (χ4v) is 2.51. The second-order valence-electron chi connectivity index (χ2n) is 4.96. The number of rotatable bonds is 3. The maximum Gasteiger partial charge on any atom is 0.328 e. The Bertz CT molecular complexity index is 827. The Morgan fingerprint density at radius 2 is 2.14 bits per heavy atom. The van der Waals surface area contributed by atoms with Gasteiger partial charge in [0.25, 0.3) is 0 Å². The molecule has 112 valence electrons. The van der Waals surface area contributed by atoms with Gasteiger partial charge in [-0.3, -0.25) is 4.98 Å². The first-order valence-electron chi connectivity index (χ1n) is 6.88. The lowest BCUT2D eigenvalue weighted by Gasteiger charge is -2.15. The summed E-state index contributed by atoms with van der Waals surface area (Å²) in [5.74, 6) is 0.297. The molecule has 1 aromatic carbocycles. The van der Waals surface area contributed by atoms with Crippen LogP contribution in [0.15, 0.2) is 42.7 Å². The molecule has 3 aromatic rings. The van der Waals surface area contributed by atoms with Crippen LogP contribution in [0.3, 0.4) is 0 Å². The van der Waals surface area contributed by atoms with Gasteiger partial charge in [-0.1, -0.05) is 6.07 Å². The number of ether oxygens (including phenoxy) is 1. The van der Waals surface area contributed by atoms with E-state index in [9.17, 15) is 4.79 Å². The third kappa shape index (κ3) is 2.18. The van der Waals surface area contributed by atoms with Crippen molar-refractivity contribution in [1.82, 2.24) is 14.5 Å². The number of pyridine rings is 1. The maximum atomic E-state index is 12.0. The van der Waals surface area contributed by atoms with Crippen molar-refractivity contribution in [2.24, 2.45) is 0 Å². The Labute approximate surface area is 127 Å². The highest BCUT2D eigenvalue weighted by atomic mass is 16.5. The fourth-order valence-electron chi connectivity index (χ4n) is 2.51. The number of methoxy groups -OCH3 is 1. The molecule has 0 saturated heterocycles. The highest BCUT2D eigenvalue weighted by Crippen LogP contribution is 2.31. The highest BCUT2D eigenvalue weighted by molar-refractivity contribution is 5.91. The van der Waals surface area contributed by atoms with Crippen molar-refractivity contribution in [3.05, 3.63) is 42.7 Å². The summed E-state index contributed by atoms with van der Waals surface area (Å²) >= 11 is 0. The first kappa shape index (κ1) is 14.1.